The molecule has 0 aliphatic carbocycles. The molecule has 0 fully saturated rings. The highest BCUT2D eigenvalue weighted by molar-refractivity contribution is 7.07. The van der Waals surface area contributed by atoms with Gasteiger partial charge in [0.05, 0.1) is 0 Å². The van der Waals surface area contributed by atoms with E-state index in [1.807, 2.05) is 0 Å². The summed E-state index contributed by atoms with van der Waals surface area (Å²) in [4.78, 5) is 0. The largest absolute Gasteiger partial charge is 0.310 e. The summed E-state index contributed by atoms with van der Waals surface area (Å²) in [6, 6.07) is 8.72. The molecule has 3 heteroatoms. The zero-order valence-corrected chi connectivity index (χ0v) is 12.3. The molecule has 0 saturated carbocycles. The van der Waals surface area contributed by atoms with Gasteiger partial charge in [0.15, 0.2) is 0 Å². The van der Waals surface area contributed by atoms with Gasteiger partial charge in [0.2, 0.25) is 0 Å². The molecule has 18 heavy (non-hydrogen) atoms. The minimum atomic E-state index is 0.289. The number of benzene rings is 1. The van der Waals surface area contributed by atoms with Crippen LogP contribution in [-0.4, -0.2) is 6.54 Å². The molecule has 0 radical (unpaired) electrons. The molecule has 0 bridgehead atoms. The van der Waals surface area contributed by atoms with Gasteiger partial charge in [-0.15, -0.1) is 0 Å². The molecule has 1 nitrogen and oxygen atoms in total. The van der Waals surface area contributed by atoms with Crippen molar-refractivity contribution in [2.45, 2.75) is 26.3 Å². The molecule has 1 atom stereocenters. The Bertz CT molecular complexity index is 493. The Hall–Kier alpha value is -0.830. The lowest BCUT2D eigenvalue weighted by atomic mass is 9.99. The average Bonchev–Trinajstić information content (AvgIpc) is 2.85. The zero-order chi connectivity index (χ0) is 13.0. The highest BCUT2D eigenvalue weighted by Crippen LogP contribution is 2.28. The van der Waals surface area contributed by atoms with E-state index in [-0.39, 0.29) is 6.04 Å². The summed E-state index contributed by atoms with van der Waals surface area (Å²) in [5.74, 6) is 0. The third-order valence-corrected chi connectivity index (χ3v) is 4.32. The fourth-order valence-electron chi connectivity index (χ4n) is 2.12. The smallest absolute Gasteiger partial charge is 0.0483 e. The van der Waals surface area contributed by atoms with E-state index < -0.39 is 0 Å². The molecular formula is C15H18ClNS. The molecule has 0 amide bonds. The Balaban J connectivity index is 2.26. The first-order chi connectivity index (χ1) is 8.72. The third kappa shape index (κ3) is 3.14. The minimum absolute atomic E-state index is 0.289. The van der Waals surface area contributed by atoms with Crippen LogP contribution in [0.1, 0.15) is 29.7 Å². The maximum atomic E-state index is 6.43. The second kappa shape index (κ2) is 6.37. The first-order valence-corrected chi connectivity index (χ1v) is 7.54. The van der Waals surface area contributed by atoms with Crippen molar-refractivity contribution in [3.63, 3.8) is 0 Å². The Kier molecular flexibility index (Phi) is 4.81. The summed E-state index contributed by atoms with van der Waals surface area (Å²) < 4.78 is 0. The van der Waals surface area contributed by atoms with E-state index in [1.165, 1.54) is 11.1 Å². The Morgan fingerprint density at radius 2 is 2.17 bits per heavy atom. The molecule has 1 aromatic carbocycles. The molecule has 0 aliphatic heterocycles. The summed E-state index contributed by atoms with van der Waals surface area (Å²) in [5.41, 5.74) is 3.70. The summed E-state index contributed by atoms with van der Waals surface area (Å²) in [6.07, 6.45) is 0.987. The van der Waals surface area contributed by atoms with Gasteiger partial charge in [-0.3, -0.25) is 0 Å². The lowest BCUT2D eigenvalue weighted by molar-refractivity contribution is 0.550. The van der Waals surface area contributed by atoms with Gasteiger partial charge < -0.3 is 5.32 Å². The normalized spacial score (nSPS) is 12.6. The van der Waals surface area contributed by atoms with Crippen molar-refractivity contribution in [3.8, 4) is 0 Å². The number of rotatable bonds is 5. The summed E-state index contributed by atoms with van der Waals surface area (Å²) in [7, 11) is 0. The van der Waals surface area contributed by atoms with Crippen molar-refractivity contribution in [3.05, 3.63) is 56.7 Å². The quantitative estimate of drug-likeness (QED) is 0.843. The van der Waals surface area contributed by atoms with Gasteiger partial charge in [-0.25, -0.2) is 0 Å². The topological polar surface area (TPSA) is 12.0 Å². The highest BCUT2D eigenvalue weighted by atomic mass is 35.5. The Morgan fingerprint density at radius 1 is 1.33 bits per heavy atom. The SMILES string of the molecule is CCNC(Cc1ccsc1)c1cccc(C)c1Cl. The van der Waals surface area contributed by atoms with Gasteiger partial charge in [0, 0.05) is 11.1 Å². The van der Waals surface area contributed by atoms with Crippen LogP contribution in [-0.2, 0) is 6.42 Å². The van der Waals surface area contributed by atoms with Gasteiger partial charge in [-0.1, -0.05) is 36.7 Å². The van der Waals surface area contributed by atoms with Crippen LogP contribution in [0.2, 0.25) is 5.02 Å². The maximum Gasteiger partial charge on any atom is 0.0483 e. The van der Waals surface area contributed by atoms with Crippen LogP contribution >= 0.6 is 22.9 Å². The van der Waals surface area contributed by atoms with Gasteiger partial charge >= 0.3 is 0 Å². The number of likely N-dealkylation sites (N-methyl/N-ethyl adjacent to an activating group) is 1. The molecule has 2 aromatic rings. The molecule has 1 N–H and O–H groups in total. The number of thiophene rings is 1. The first kappa shape index (κ1) is 13.6. The highest BCUT2D eigenvalue weighted by Gasteiger charge is 2.15. The Labute approximate surface area is 118 Å². The molecule has 0 saturated heterocycles. The van der Waals surface area contributed by atoms with Gasteiger partial charge in [0.1, 0.15) is 0 Å². The predicted molar refractivity (Wildman–Crippen MR) is 80.6 cm³/mol. The van der Waals surface area contributed by atoms with Crippen molar-refractivity contribution >= 4 is 22.9 Å². The minimum Gasteiger partial charge on any atom is -0.310 e. The van der Waals surface area contributed by atoms with E-state index in [0.29, 0.717) is 0 Å². The zero-order valence-electron chi connectivity index (χ0n) is 10.7. The second-order valence-corrected chi connectivity index (χ2v) is 5.58. The standard InChI is InChI=1S/C15H18ClNS/c1-3-17-14(9-12-7-8-18-10-12)13-6-4-5-11(2)15(13)16/h4-8,10,14,17H,3,9H2,1-2H3. The molecule has 0 aliphatic rings. The van der Waals surface area contributed by atoms with E-state index in [2.05, 4.69) is 54.2 Å². The third-order valence-electron chi connectivity index (χ3n) is 3.07. The summed E-state index contributed by atoms with van der Waals surface area (Å²) in [6.45, 7) is 5.13. The van der Waals surface area contributed by atoms with E-state index in [9.17, 15) is 0 Å². The number of aryl methyl sites for hydroxylation is 1. The number of nitrogens with one attached hydrogen (secondary N) is 1. The second-order valence-electron chi connectivity index (χ2n) is 4.42. The molecule has 2 rings (SSSR count). The van der Waals surface area contributed by atoms with Crippen molar-refractivity contribution in [2.24, 2.45) is 0 Å². The van der Waals surface area contributed by atoms with E-state index in [4.69, 9.17) is 11.6 Å². The molecule has 1 heterocycles. The van der Waals surface area contributed by atoms with Crippen LogP contribution in [0.4, 0.5) is 0 Å². The molecule has 96 valence electrons. The summed E-state index contributed by atoms with van der Waals surface area (Å²) >= 11 is 8.17. The lowest BCUT2D eigenvalue weighted by Crippen LogP contribution is -2.23. The van der Waals surface area contributed by atoms with Crippen molar-refractivity contribution < 1.29 is 0 Å². The van der Waals surface area contributed by atoms with Crippen molar-refractivity contribution in [1.82, 2.24) is 5.32 Å². The van der Waals surface area contributed by atoms with Crippen LogP contribution in [0.25, 0.3) is 0 Å². The maximum absolute atomic E-state index is 6.43. The number of hydrogen-bond acceptors (Lipinski definition) is 2. The number of hydrogen-bond donors (Lipinski definition) is 1. The van der Waals surface area contributed by atoms with Crippen molar-refractivity contribution in [2.75, 3.05) is 6.54 Å². The fraction of sp³-hybridized carbons (Fsp3) is 0.333. The van der Waals surface area contributed by atoms with E-state index >= 15 is 0 Å². The van der Waals surface area contributed by atoms with Gasteiger partial charge in [0.25, 0.3) is 0 Å². The fourth-order valence-corrected chi connectivity index (χ4v) is 3.06. The van der Waals surface area contributed by atoms with Crippen LogP contribution in [0.15, 0.2) is 35.0 Å². The van der Waals surface area contributed by atoms with Crippen LogP contribution in [0, 0.1) is 6.92 Å². The van der Waals surface area contributed by atoms with Gasteiger partial charge in [-0.05, 0) is 53.4 Å². The molecule has 1 unspecified atom stereocenters. The average molecular weight is 280 g/mol. The van der Waals surface area contributed by atoms with Crippen LogP contribution < -0.4 is 5.32 Å². The van der Waals surface area contributed by atoms with Crippen molar-refractivity contribution in [1.29, 1.82) is 0 Å². The van der Waals surface area contributed by atoms with Crippen LogP contribution in [0.5, 0.6) is 0 Å². The Morgan fingerprint density at radius 3 is 2.83 bits per heavy atom. The molecular weight excluding hydrogens is 262 g/mol. The molecule has 0 spiro atoms. The lowest BCUT2D eigenvalue weighted by Gasteiger charge is -2.20. The van der Waals surface area contributed by atoms with E-state index in [0.717, 1.165) is 23.6 Å². The van der Waals surface area contributed by atoms with Crippen LogP contribution in [0.3, 0.4) is 0 Å². The first-order valence-electron chi connectivity index (χ1n) is 6.21. The van der Waals surface area contributed by atoms with Gasteiger partial charge in [-0.2, -0.15) is 11.3 Å². The predicted octanol–water partition coefficient (Wildman–Crippen LogP) is 4.60. The summed E-state index contributed by atoms with van der Waals surface area (Å²) in [5, 5.41) is 8.74. The monoisotopic (exact) mass is 279 g/mol. The van der Waals surface area contributed by atoms with E-state index in [1.54, 1.807) is 11.3 Å². The molecule has 1 aromatic heterocycles. The number of halogens is 1.